The van der Waals surface area contributed by atoms with E-state index >= 15 is 0 Å². The molecule has 0 unspecified atom stereocenters. The fourth-order valence-corrected chi connectivity index (χ4v) is 1.48. The van der Waals surface area contributed by atoms with Gasteiger partial charge in [0.2, 0.25) is 5.91 Å². The molecule has 2 N–H and O–H groups in total. The lowest BCUT2D eigenvalue weighted by Crippen LogP contribution is -2.29. The van der Waals surface area contributed by atoms with E-state index in [1.807, 2.05) is 31.2 Å². The second kappa shape index (κ2) is 8.92. The van der Waals surface area contributed by atoms with Crippen molar-refractivity contribution in [2.24, 2.45) is 0 Å². The highest BCUT2D eigenvalue weighted by atomic mass is 16.5. The predicted molar refractivity (Wildman–Crippen MR) is 72.8 cm³/mol. The van der Waals surface area contributed by atoms with E-state index in [2.05, 4.69) is 5.32 Å². The summed E-state index contributed by atoms with van der Waals surface area (Å²) in [7, 11) is 0. The second-order valence-electron chi connectivity index (χ2n) is 4.21. The first-order chi connectivity index (χ1) is 9.58. The fourth-order valence-electron chi connectivity index (χ4n) is 1.48. The van der Waals surface area contributed by atoms with E-state index in [1.54, 1.807) is 0 Å². The minimum Gasteiger partial charge on any atom is -0.493 e. The molecule has 0 aliphatic heterocycles. The van der Waals surface area contributed by atoms with Crippen molar-refractivity contribution in [3.8, 4) is 5.75 Å². The fraction of sp³-hybridized carbons (Fsp3) is 0.429. The summed E-state index contributed by atoms with van der Waals surface area (Å²) < 4.78 is 10.2. The zero-order chi connectivity index (χ0) is 14.8. The number of hydrogen-bond acceptors (Lipinski definition) is 4. The van der Waals surface area contributed by atoms with Crippen LogP contribution in [0, 0.1) is 6.92 Å². The molecule has 0 aliphatic carbocycles. The average molecular weight is 281 g/mol. The maximum atomic E-state index is 11.4. The van der Waals surface area contributed by atoms with Crippen LogP contribution in [-0.4, -0.2) is 43.3 Å². The summed E-state index contributed by atoms with van der Waals surface area (Å²) in [6, 6.07) is 7.60. The molecule has 0 saturated heterocycles. The first kappa shape index (κ1) is 16.0. The Balaban J connectivity index is 2.07. The number of aryl methyl sites for hydroxylation is 1. The van der Waals surface area contributed by atoms with Crippen molar-refractivity contribution in [3.05, 3.63) is 29.8 Å². The van der Waals surface area contributed by atoms with Gasteiger partial charge in [-0.3, -0.25) is 4.79 Å². The monoisotopic (exact) mass is 281 g/mol. The third-order valence-electron chi connectivity index (χ3n) is 2.38. The summed E-state index contributed by atoms with van der Waals surface area (Å²) in [5.74, 6) is -0.443. The van der Waals surface area contributed by atoms with Crippen LogP contribution in [0.15, 0.2) is 24.3 Å². The molecular formula is C14H19NO5. The molecule has 1 amide bonds. The SMILES string of the molecule is Cc1cccc(OCCC(=O)NCCOCC(=O)O)c1. The predicted octanol–water partition coefficient (Wildman–Crippen LogP) is 0.981. The molecule has 0 fully saturated rings. The minimum absolute atomic E-state index is 0.156. The van der Waals surface area contributed by atoms with Gasteiger partial charge in [-0.15, -0.1) is 0 Å². The highest BCUT2D eigenvalue weighted by molar-refractivity contribution is 5.75. The molecule has 0 bridgehead atoms. The molecule has 6 nitrogen and oxygen atoms in total. The van der Waals surface area contributed by atoms with Gasteiger partial charge in [0.05, 0.1) is 19.6 Å². The lowest BCUT2D eigenvalue weighted by molar-refractivity contribution is -0.142. The Kier molecular flexibility index (Phi) is 7.13. The minimum atomic E-state index is -1.03. The zero-order valence-corrected chi connectivity index (χ0v) is 11.4. The molecule has 0 aromatic heterocycles. The Labute approximate surface area is 117 Å². The summed E-state index contributed by atoms with van der Waals surface area (Å²) >= 11 is 0. The molecule has 0 spiro atoms. The van der Waals surface area contributed by atoms with Crippen LogP contribution in [0.1, 0.15) is 12.0 Å². The number of amides is 1. The zero-order valence-electron chi connectivity index (χ0n) is 11.4. The molecule has 0 saturated carbocycles. The van der Waals surface area contributed by atoms with Crippen LogP contribution >= 0.6 is 0 Å². The summed E-state index contributed by atoms with van der Waals surface area (Å²) in [5.41, 5.74) is 1.10. The van der Waals surface area contributed by atoms with E-state index in [4.69, 9.17) is 14.6 Å². The Hall–Kier alpha value is -2.08. The molecule has 0 heterocycles. The Bertz CT molecular complexity index is 447. The van der Waals surface area contributed by atoms with Crippen molar-refractivity contribution in [2.75, 3.05) is 26.4 Å². The molecule has 1 aromatic carbocycles. The van der Waals surface area contributed by atoms with Crippen LogP contribution in [0.5, 0.6) is 5.75 Å². The summed E-state index contributed by atoms with van der Waals surface area (Å²) in [5, 5.41) is 11.0. The van der Waals surface area contributed by atoms with Crippen LogP contribution in [0.25, 0.3) is 0 Å². The number of aliphatic carboxylic acids is 1. The van der Waals surface area contributed by atoms with Gasteiger partial charge < -0.3 is 19.9 Å². The number of carbonyl (C=O) groups excluding carboxylic acids is 1. The van der Waals surface area contributed by atoms with Gasteiger partial charge in [-0.2, -0.15) is 0 Å². The average Bonchev–Trinajstić information content (AvgIpc) is 2.38. The van der Waals surface area contributed by atoms with Crippen LogP contribution in [0.2, 0.25) is 0 Å². The Morgan fingerprint density at radius 2 is 2.10 bits per heavy atom. The Morgan fingerprint density at radius 3 is 2.80 bits per heavy atom. The molecule has 1 aromatic rings. The maximum absolute atomic E-state index is 11.4. The van der Waals surface area contributed by atoms with Gasteiger partial charge in [-0.25, -0.2) is 4.79 Å². The largest absolute Gasteiger partial charge is 0.493 e. The maximum Gasteiger partial charge on any atom is 0.329 e. The molecule has 1 rings (SSSR count). The molecular weight excluding hydrogens is 262 g/mol. The van der Waals surface area contributed by atoms with Crippen molar-refractivity contribution in [1.82, 2.24) is 5.32 Å². The van der Waals surface area contributed by atoms with Crippen molar-refractivity contribution in [3.63, 3.8) is 0 Å². The molecule has 110 valence electrons. The first-order valence-electron chi connectivity index (χ1n) is 6.33. The molecule has 0 atom stereocenters. The van der Waals surface area contributed by atoms with E-state index in [0.717, 1.165) is 11.3 Å². The third kappa shape index (κ3) is 7.38. The van der Waals surface area contributed by atoms with Crippen molar-refractivity contribution in [1.29, 1.82) is 0 Å². The van der Waals surface area contributed by atoms with Gasteiger partial charge in [0.25, 0.3) is 0 Å². The van der Waals surface area contributed by atoms with Gasteiger partial charge in [0.15, 0.2) is 0 Å². The van der Waals surface area contributed by atoms with Gasteiger partial charge in [0.1, 0.15) is 12.4 Å². The molecule has 0 radical (unpaired) electrons. The number of carboxylic acids is 1. The number of ether oxygens (including phenoxy) is 2. The van der Waals surface area contributed by atoms with Crippen LogP contribution in [-0.2, 0) is 14.3 Å². The van der Waals surface area contributed by atoms with Crippen molar-refractivity contribution < 1.29 is 24.2 Å². The van der Waals surface area contributed by atoms with Crippen molar-refractivity contribution >= 4 is 11.9 Å². The lowest BCUT2D eigenvalue weighted by atomic mass is 10.2. The van der Waals surface area contributed by atoms with E-state index in [-0.39, 0.29) is 32.1 Å². The van der Waals surface area contributed by atoms with Gasteiger partial charge in [0, 0.05) is 6.54 Å². The molecule has 0 aliphatic rings. The standard InChI is InChI=1S/C14H19NO5/c1-11-3-2-4-12(9-11)20-7-5-13(16)15-6-8-19-10-14(17)18/h2-4,9H,5-8,10H2,1H3,(H,15,16)(H,17,18). The number of carboxylic acid groups (broad SMARTS) is 1. The lowest BCUT2D eigenvalue weighted by Gasteiger charge is -2.07. The molecule has 20 heavy (non-hydrogen) atoms. The van der Waals surface area contributed by atoms with Crippen LogP contribution in [0.4, 0.5) is 0 Å². The van der Waals surface area contributed by atoms with Crippen molar-refractivity contribution in [2.45, 2.75) is 13.3 Å². The number of hydrogen-bond donors (Lipinski definition) is 2. The van der Waals surface area contributed by atoms with Crippen LogP contribution < -0.4 is 10.1 Å². The third-order valence-corrected chi connectivity index (χ3v) is 2.38. The van der Waals surface area contributed by atoms with Gasteiger partial charge in [-0.05, 0) is 24.6 Å². The van der Waals surface area contributed by atoms with E-state index < -0.39 is 5.97 Å². The summed E-state index contributed by atoms with van der Waals surface area (Å²) in [6.45, 7) is 2.38. The van der Waals surface area contributed by atoms with Gasteiger partial charge >= 0.3 is 5.97 Å². The molecule has 6 heteroatoms. The number of carbonyl (C=O) groups is 2. The summed E-state index contributed by atoms with van der Waals surface area (Å²) in [4.78, 5) is 21.6. The first-order valence-corrected chi connectivity index (χ1v) is 6.33. The van der Waals surface area contributed by atoms with E-state index in [1.165, 1.54) is 0 Å². The Morgan fingerprint density at radius 1 is 1.30 bits per heavy atom. The normalized spacial score (nSPS) is 10.1. The highest BCUT2D eigenvalue weighted by Gasteiger charge is 2.02. The van der Waals surface area contributed by atoms with E-state index in [0.29, 0.717) is 6.61 Å². The number of benzene rings is 1. The second-order valence-corrected chi connectivity index (χ2v) is 4.21. The van der Waals surface area contributed by atoms with Crippen LogP contribution in [0.3, 0.4) is 0 Å². The smallest absolute Gasteiger partial charge is 0.329 e. The number of rotatable bonds is 9. The van der Waals surface area contributed by atoms with Gasteiger partial charge in [-0.1, -0.05) is 12.1 Å². The quantitative estimate of drug-likeness (QED) is 0.659. The summed E-state index contributed by atoms with van der Waals surface area (Å²) in [6.07, 6.45) is 0.243. The topological polar surface area (TPSA) is 84.9 Å². The number of nitrogens with one attached hydrogen (secondary N) is 1. The van der Waals surface area contributed by atoms with E-state index in [9.17, 15) is 9.59 Å². The highest BCUT2D eigenvalue weighted by Crippen LogP contribution is 2.12.